The first-order valence-corrected chi connectivity index (χ1v) is 7.55. The lowest BCUT2D eigenvalue weighted by atomic mass is 10.1. The van der Waals surface area contributed by atoms with Gasteiger partial charge < -0.3 is 4.42 Å². The lowest BCUT2D eigenvalue weighted by Crippen LogP contribution is -2.19. The van der Waals surface area contributed by atoms with Crippen LogP contribution in [0.4, 0.5) is 0 Å². The molecule has 120 valence electrons. The average Bonchev–Trinajstić information content (AvgIpc) is 3.07. The molecule has 1 N–H and O–H groups in total. The van der Waals surface area contributed by atoms with Gasteiger partial charge in [-0.2, -0.15) is 5.10 Å². The lowest BCUT2D eigenvalue weighted by Gasteiger charge is -2.06. The van der Waals surface area contributed by atoms with Gasteiger partial charge in [0.05, 0.1) is 29.3 Å². The van der Waals surface area contributed by atoms with E-state index < -0.39 is 0 Å². The smallest absolute Gasteiger partial charge is 0.273 e. The molecule has 0 fully saturated rings. The fourth-order valence-corrected chi connectivity index (χ4v) is 2.33. The third-order valence-electron chi connectivity index (χ3n) is 3.51. The first kappa shape index (κ1) is 15.7. The Morgan fingerprint density at radius 2 is 2.08 bits per heavy atom. The molecule has 0 aliphatic heterocycles. The summed E-state index contributed by atoms with van der Waals surface area (Å²) in [5.74, 6) is 0.452. The monoisotopic (exact) mass is 319 g/mol. The van der Waals surface area contributed by atoms with E-state index >= 15 is 0 Å². The highest BCUT2D eigenvalue weighted by atomic mass is 16.3. The Morgan fingerprint density at radius 3 is 2.88 bits per heavy atom. The first-order valence-electron chi connectivity index (χ1n) is 7.55. The predicted molar refractivity (Wildman–Crippen MR) is 94.8 cm³/mol. The standard InChI is InChI=1S/C19H17N3O2/c1-13(10-16-7-5-9-24-16)12-20-22-19(23)17-11-15-6-3-4-8-18(15)21-14(17)2/h3-12H,1-2H3,(H,22,23)/b13-10-,20-12?. The second-order valence-corrected chi connectivity index (χ2v) is 5.42. The van der Waals surface area contributed by atoms with Gasteiger partial charge in [0.2, 0.25) is 0 Å². The molecular weight excluding hydrogens is 302 g/mol. The molecule has 3 rings (SSSR count). The number of pyridine rings is 1. The van der Waals surface area contributed by atoms with Gasteiger partial charge in [-0.3, -0.25) is 9.78 Å². The highest BCUT2D eigenvalue weighted by molar-refractivity contribution is 5.99. The van der Waals surface area contributed by atoms with Crippen LogP contribution >= 0.6 is 0 Å². The number of aryl methyl sites for hydroxylation is 1. The molecule has 0 aliphatic carbocycles. The van der Waals surface area contributed by atoms with Crippen molar-refractivity contribution < 1.29 is 9.21 Å². The van der Waals surface area contributed by atoms with Crippen molar-refractivity contribution in [2.24, 2.45) is 5.10 Å². The van der Waals surface area contributed by atoms with Gasteiger partial charge >= 0.3 is 0 Å². The van der Waals surface area contributed by atoms with Crippen LogP contribution in [-0.4, -0.2) is 17.1 Å². The number of amides is 1. The molecule has 0 saturated heterocycles. The fourth-order valence-electron chi connectivity index (χ4n) is 2.33. The van der Waals surface area contributed by atoms with Crippen molar-refractivity contribution in [3.05, 3.63) is 71.3 Å². The van der Waals surface area contributed by atoms with Crippen molar-refractivity contribution >= 4 is 29.1 Å². The molecule has 0 bridgehead atoms. The summed E-state index contributed by atoms with van der Waals surface area (Å²) >= 11 is 0. The molecule has 2 aromatic heterocycles. The molecule has 5 heteroatoms. The molecule has 24 heavy (non-hydrogen) atoms. The lowest BCUT2D eigenvalue weighted by molar-refractivity contribution is 0.0954. The van der Waals surface area contributed by atoms with E-state index in [1.54, 1.807) is 12.5 Å². The Bertz CT molecular complexity index is 925. The molecule has 5 nitrogen and oxygen atoms in total. The Labute approximate surface area is 139 Å². The topological polar surface area (TPSA) is 67.5 Å². The number of benzene rings is 1. The minimum Gasteiger partial charge on any atom is -0.465 e. The van der Waals surface area contributed by atoms with Crippen LogP contribution in [0.25, 0.3) is 17.0 Å². The number of para-hydroxylation sites is 1. The molecule has 0 unspecified atom stereocenters. The van der Waals surface area contributed by atoms with Crippen LogP contribution in [0.15, 0.2) is 63.8 Å². The van der Waals surface area contributed by atoms with Crippen molar-refractivity contribution in [2.45, 2.75) is 13.8 Å². The Kier molecular flexibility index (Phi) is 4.52. The number of hydrazone groups is 1. The average molecular weight is 319 g/mol. The van der Waals surface area contributed by atoms with Gasteiger partial charge in [-0.05, 0) is 49.8 Å². The van der Waals surface area contributed by atoms with Gasteiger partial charge in [0.25, 0.3) is 5.91 Å². The number of hydrogen-bond donors (Lipinski definition) is 1. The van der Waals surface area contributed by atoms with E-state index in [9.17, 15) is 4.79 Å². The summed E-state index contributed by atoms with van der Waals surface area (Å²) in [5.41, 5.74) is 5.44. The molecule has 0 atom stereocenters. The molecule has 1 aromatic carbocycles. The summed E-state index contributed by atoms with van der Waals surface area (Å²) < 4.78 is 5.22. The summed E-state index contributed by atoms with van der Waals surface area (Å²) in [5, 5.41) is 4.91. The van der Waals surface area contributed by atoms with E-state index in [-0.39, 0.29) is 5.91 Å². The predicted octanol–water partition coefficient (Wildman–Crippen LogP) is 3.96. The zero-order chi connectivity index (χ0) is 16.9. The Morgan fingerprint density at radius 1 is 1.25 bits per heavy atom. The minimum atomic E-state index is -0.284. The number of carbonyl (C=O) groups excluding carboxylic acids is 1. The maximum absolute atomic E-state index is 12.3. The molecule has 0 saturated carbocycles. The van der Waals surface area contributed by atoms with Crippen LogP contribution in [0.5, 0.6) is 0 Å². The zero-order valence-corrected chi connectivity index (χ0v) is 13.5. The SMILES string of the molecule is C/C(C=NNC(=O)c1cc2ccccc2nc1C)=C/c1ccco1. The second-order valence-electron chi connectivity index (χ2n) is 5.42. The summed E-state index contributed by atoms with van der Waals surface area (Å²) in [4.78, 5) is 16.8. The van der Waals surface area contributed by atoms with E-state index in [2.05, 4.69) is 15.5 Å². The molecule has 1 amide bonds. The van der Waals surface area contributed by atoms with Crippen LogP contribution in [0, 0.1) is 6.92 Å². The third-order valence-corrected chi connectivity index (χ3v) is 3.51. The van der Waals surface area contributed by atoms with Crippen molar-refractivity contribution in [3.8, 4) is 0 Å². The highest BCUT2D eigenvalue weighted by Gasteiger charge is 2.10. The second kappa shape index (κ2) is 6.91. The van der Waals surface area contributed by atoms with E-state index in [4.69, 9.17) is 4.42 Å². The van der Waals surface area contributed by atoms with Crippen molar-refractivity contribution in [1.29, 1.82) is 0 Å². The number of hydrogen-bond acceptors (Lipinski definition) is 4. The summed E-state index contributed by atoms with van der Waals surface area (Å²) in [7, 11) is 0. The largest absolute Gasteiger partial charge is 0.465 e. The summed E-state index contributed by atoms with van der Waals surface area (Å²) in [6.45, 7) is 3.69. The van der Waals surface area contributed by atoms with Gasteiger partial charge in [0.15, 0.2) is 0 Å². The summed E-state index contributed by atoms with van der Waals surface area (Å²) in [6, 6.07) is 13.2. The van der Waals surface area contributed by atoms with Gasteiger partial charge in [0, 0.05) is 5.39 Å². The van der Waals surface area contributed by atoms with Crippen LogP contribution < -0.4 is 5.43 Å². The van der Waals surface area contributed by atoms with E-state index in [0.29, 0.717) is 11.3 Å². The van der Waals surface area contributed by atoms with Crippen LogP contribution in [-0.2, 0) is 0 Å². The Balaban J connectivity index is 1.73. The van der Waals surface area contributed by atoms with Gasteiger partial charge in [-0.1, -0.05) is 18.2 Å². The number of furan rings is 1. The molecule has 3 aromatic rings. The maximum Gasteiger partial charge on any atom is 0.273 e. The Hall–Kier alpha value is -3.21. The number of fused-ring (bicyclic) bond motifs is 1. The summed E-state index contributed by atoms with van der Waals surface area (Å²) in [6.07, 6.45) is 5.01. The molecule has 0 aliphatic rings. The first-order chi connectivity index (χ1) is 11.6. The number of allylic oxidation sites excluding steroid dienone is 1. The number of aromatic nitrogens is 1. The quantitative estimate of drug-likeness (QED) is 0.585. The van der Waals surface area contributed by atoms with Crippen molar-refractivity contribution in [3.63, 3.8) is 0 Å². The third kappa shape index (κ3) is 3.57. The van der Waals surface area contributed by atoms with Gasteiger partial charge in [-0.25, -0.2) is 5.43 Å². The normalized spacial score (nSPS) is 12.0. The van der Waals surface area contributed by atoms with Crippen molar-refractivity contribution in [2.75, 3.05) is 0 Å². The highest BCUT2D eigenvalue weighted by Crippen LogP contribution is 2.16. The van der Waals surface area contributed by atoms with Crippen LogP contribution in [0.1, 0.15) is 28.7 Å². The van der Waals surface area contributed by atoms with Gasteiger partial charge in [0.1, 0.15) is 5.76 Å². The number of rotatable bonds is 4. The van der Waals surface area contributed by atoms with E-state index in [1.165, 1.54) is 0 Å². The van der Waals surface area contributed by atoms with E-state index in [1.807, 2.05) is 62.4 Å². The molecule has 0 radical (unpaired) electrons. The van der Waals surface area contributed by atoms with Gasteiger partial charge in [-0.15, -0.1) is 0 Å². The zero-order valence-electron chi connectivity index (χ0n) is 13.5. The van der Waals surface area contributed by atoms with Crippen molar-refractivity contribution in [1.82, 2.24) is 10.4 Å². The van der Waals surface area contributed by atoms with E-state index in [0.717, 1.165) is 22.2 Å². The maximum atomic E-state index is 12.3. The fraction of sp³-hybridized carbons (Fsp3) is 0.105. The van der Waals surface area contributed by atoms with Crippen LogP contribution in [0.3, 0.4) is 0 Å². The molecule has 0 spiro atoms. The minimum absolute atomic E-state index is 0.284. The van der Waals surface area contributed by atoms with Crippen LogP contribution in [0.2, 0.25) is 0 Å². The molecule has 2 heterocycles. The number of carbonyl (C=O) groups is 1. The molecular formula is C19H17N3O2. The number of nitrogens with one attached hydrogen (secondary N) is 1. The number of nitrogens with zero attached hydrogens (tertiary/aromatic N) is 2.